The average Bonchev–Trinajstić information content (AvgIpc) is 3.27. The molecule has 4 rings (SSSR count). The normalized spacial score (nSPS) is 14.0. The number of thiazole rings is 1. The van der Waals surface area contributed by atoms with E-state index in [4.69, 9.17) is 21.1 Å². The van der Waals surface area contributed by atoms with Crippen LogP contribution in [0.2, 0.25) is 5.02 Å². The van der Waals surface area contributed by atoms with Gasteiger partial charge in [0.15, 0.2) is 6.61 Å². The van der Waals surface area contributed by atoms with E-state index < -0.39 is 6.04 Å². The second-order valence-electron chi connectivity index (χ2n) is 7.28. The fraction of sp³-hybridized carbons (Fsp3) is 0.261. The van der Waals surface area contributed by atoms with E-state index in [1.807, 2.05) is 23.6 Å². The van der Waals surface area contributed by atoms with E-state index >= 15 is 0 Å². The van der Waals surface area contributed by atoms with E-state index in [0.29, 0.717) is 28.8 Å². The minimum absolute atomic E-state index is 0.122. The Labute approximate surface area is 194 Å². The number of nitrogens with zero attached hydrogens (tertiary/aromatic N) is 2. The van der Waals surface area contributed by atoms with Crippen LogP contribution in [0, 0.1) is 0 Å². The average molecular weight is 472 g/mol. The lowest BCUT2D eigenvalue weighted by atomic mass is 10.1. The summed E-state index contributed by atoms with van der Waals surface area (Å²) in [5.41, 5.74) is 2.80. The molecule has 0 fully saturated rings. The summed E-state index contributed by atoms with van der Waals surface area (Å²) in [4.78, 5) is 31.8. The first-order valence-corrected chi connectivity index (χ1v) is 11.3. The summed E-state index contributed by atoms with van der Waals surface area (Å²) >= 11 is 7.47. The van der Waals surface area contributed by atoms with Crippen LogP contribution in [0.25, 0.3) is 11.3 Å². The van der Waals surface area contributed by atoms with Crippen LogP contribution in [0.3, 0.4) is 0 Å². The molecule has 7 nitrogen and oxygen atoms in total. The van der Waals surface area contributed by atoms with Crippen molar-refractivity contribution in [2.24, 2.45) is 0 Å². The van der Waals surface area contributed by atoms with Gasteiger partial charge in [-0.05, 0) is 49.4 Å². The van der Waals surface area contributed by atoms with Gasteiger partial charge in [0.1, 0.15) is 11.8 Å². The molecular weight excluding hydrogens is 450 g/mol. The van der Waals surface area contributed by atoms with Crippen LogP contribution in [0.1, 0.15) is 11.9 Å². The standard InChI is InChI=1S/C23H22ClN3O4S/c1-14(23(29)25-17-6-4-16(24)5-7-17)27-19-11-15(3-8-20(19)31-12-22(27)28)18-13-32-21(26-18)9-10-30-2/h3-8,11,13-14H,9-10,12H2,1-2H3,(H,25,29). The number of aromatic nitrogens is 1. The molecule has 0 spiro atoms. The number of amides is 2. The third kappa shape index (κ3) is 4.77. The number of methoxy groups -OCH3 is 1. The number of hydrogen-bond donors (Lipinski definition) is 1. The van der Waals surface area contributed by atoms with Crippen LogP contribution in [-0.4, -0.2) is 43.2 Å². The van der Waals surface area contributed by atoms with Crippen LogP contribution in [0.5, 0.6) is 5.75 Å². The van der Waals surface area contributed by atoms with Crippen molar-refractivity contribution in [3.8, 4) is 17.0 Å². The molecule has 1 aliphatic rings. The molecule has 0 saturated carbocycles. The molecule has 1 unspecified atom stereocenters. The van der Waals surface area contributed by atoms with Crippen LogP contribution >= 0.6 is 22.9 Å². The number of hydrogen-bond acceptors (Lipinski definition) is 6. The maximum Gasteiger partial charge on any atom is 0.265 e. The zero-order chi connectivity index (χ0) is 22.7. The number of fused-ring (bicyclic) bond motifs is 1. The molecule has 2 amide bonds. The van der Waals surface area contributed by atoms with E-state index in [1.54, 1.807) is 49.6 Å². The number of carbonyl (C=O) groups is 2. The Morgan fingerprint density at radius 2 is 2.09 bits per heavy atom. The second-order valence-corrected chi connectivity index (χ2v) is 8.66. The van der Waals surface area contributed by atoms with Crippen molar-refractivity contribution in [1.29, 1.82) is 0 Å². The number of benzene rings is 2. The molecule has 32 heavy (non-hydrogen) atoms. The topological polar surface area (TPSA) is 80.8 Å². The summed E-state index contributed by atoms with van der Waals surface area (Å²) in [6.45, 7) is 2.17. The zero-order valence-electron chi connectivity index (χ0n) is 17.6. The number of nitrogens with one attached hydrogen (secondary N) is 1. The van der Waals surface area contributed by atoms with Crippen LogP contribution in [0.4, 0.5) is 11.4 Å². The van der Waals surface area contributed by atoms with Gasteiger partial charge in [0, 0.05) is 35.2 Å². The molecule has 3 aromatic rings. The summed E-state index contributed by atoms with van der Waals surface area (Å²) < 4.78 is 10.7. The van der Waals surface area contributed by atoms with Gasteiger partial charge in [0.05, 0.1) is 23.0 Å². The molecule has 0 saturated heterocycles. The highest BCUT2D eigenvalue weighted by atomic mass is 35.5. The number of carbonyl (C=O) groups excluding carboxylic acids is 2. The Balaban J connectivity index is 1.59. The van der Waals surface area contributed by atoms with Gasteiger partial charge in [-0.3, -0.25) is 14.5 Å². The molecule has 0 bridgehead atoms. The minimum Gasteiger partial charge on any atom is -0.482 e. The molecule has 9 heteroatoms. The van der Waals surface area contributed by atoms with Crippen molar-refractivity contribution in [1.82, 2.24) is 4.98 Å². The minimum atomic E-state index is -0.747. The van der Waals surface area contributed by atoms with Crippen LogP contribution in [0.15, 0.2) is 47.8 Å². The predicted molar refractivity (Wildman–Crippen MR) is 126 cm³/mol. The molecule has 166 valence electrons. The summed E-state index contributed by atoms with van der Waals surface area (Å²) in [5, 5.41) is 6.35. The monoisotopic (exact) mass is 471 g/mol. The van der Waals surface area contributed by atoms with Gasteiger partial charge in [0.25, 0.3) is 5.91 Å². The maximum absolute atomic E-state index is 12.9. The third-order valence-electron chi connectivity index (χ3n) is 5.08. The Bertz CT molecular complexity index is 1130. The van der Waals surface area contributed by atoms with E-state index in [-0.39, 0.29) is 18.4 Å². The van der Waals surface area contributed by atoms with Crippen molar-refractivity contribution in [2.45, 2.75) is 19.4 Å². The highest BCUT2D eigenvalue weighted by Crippen LogP contribution is 2.37. The number of anilines is 2. The first-order chi connectivity index (χ1) is 15.5. The second kappa shape index (κ2) is 9.68. The first kappa shape index (κ1) is 22.3. The number of ether oxygens (including phenoxy) is 2. The van der Waals surface area contributed by atoms with E-state index in [2.05, 4.69) is 10.3 Å². The van der Waals surface area contributed by atoms with E-state index in [1.165, 1.54) is 4.90 Å². The van der Waals surface area contributed by atoms with Gasteiger partial charge >= 0.3 is 0 Å². The van der Waals surface area contributed by atoms with Gasteiger partial charge in [-0.25, -0.2) is 4.98 Å². The SMILES string of the molecule is COCCc1nc(-c2ccc3c(c2)N(C(C)C(=O)Nc2ccc(Cl)cc2)C(=O)CO3)cs1. The fourth-order valence-corrected chi connectivity index (χ4v) is 4.31. The summed E-state index contributed by atoms with van der Waals surface area (Å²) in [6, 6.07) is 11.6. The predicted octanol–water partition coefficient (Wildman–Crippen LogP) is 4.41. The smallest absolute Gasteiger partial charge is 0.265 e. The molecule has 1 aromatic heterocycles. The Hall–Kier alpha value is -2.94. The summed E-state index contributed by atoms with van der Waals surface area (Å²) in [5.74, 6) is -0.0452. The molecule has 0 radical (unpaired) electrons. The zero-order valence-corrected chi connectivity index (χ0v) is 19.2. The lowest BCUT2D eigenvalue weighted by Gasteiger charge is -2.33. The highest BCUT2D eigenvalue weighted by Gasteiger charge is 2.33. The Morgan fingerprint density at radius 1 is 1.31 bits per heavy atom. The number of halogens is 1. The first-order valence-electron chi connectivity index (χ1n) is 10.1. The van der Waals surface area contributed by atoms with Crippen molar-refractivity contribution < 1.29 is 19.1 Å². The van der Waals surface area contributed by atoms with E-state index in [9.17, 15) is 9.59 Å². The Morgan fingerprint density at radius 3 is 2.84 bits per heavy atom. The van der Waals surface area contributed by atoms with Crippen LogP contribution in [-0.2, 0) is 20.7 Å². The largest absolute Gasteiger partial charge is 0.482 e. The molecule has 2 aromatic carbocycles. The molecule has 1 N–H and O–H groups in total. The van der Waals surface area contributed by atoms with Crippen LogP contribution < -0.4 is 15.0 Å². The highest BCUT2D eigenvalue weighted by molar-refractivity contribution is 7.09. The molecule has 1 aliphatic heterocycles. The third-order valence-corrected chi connectivity index (χ3v) is 6.24. The summed E-state index contributed by atoms with van der Waals surface area (Å²) in [6.07, 6.45) is 0.738. The molecule has 0 aliphatic carbocycles. The molecule has 1 atom stereocenters. The number of rotatable bonds is 7. The quantitative estimate of drug-likeness (QED) is 0.552. The van der Waals surface area contributed by atoms with Crippen molar-refractivity contribution in [3.63, 3.8) is 0 Å². The summed E-state index contributed by atoms with van der Waals surface area (Å²) in [7, 11) is 1.66. The molecular formula is C23H22ClN3O4S. The van der Waals surface area contributed by atoms with Gasteiger partial charge in [-0.2, -0.15) is 0 Å². The van der Waals surface area contributed by atoms with Crippen molar-refractivity contribution in [2.75, 3.05) is 30.5 Å². The fourth-order valence-electron chi connectivity index (χ4n) is 3.40. The van der Waals surface area contributed by atoms with Crippen molar-refractivity contribution in [3.05, 3.63) is 57.9 Å². The lowest BCUT2D eigenvalue weighted by Crippen LogP contribution is -2.49. The molecule has 2 heterocycles. The Kier molecular flexibility index (Phi) is 6.74. The lowest BCUT2D eigenvalue weighted by molar-refractivity contribution is -0.125. The van der Waals surface area contributed by atoms with E-state index in [0.717, 1.165) is 22.7 Å². The van der Waals surface area contributed by atoms with Gasteiger partial charge in [-0.15, -0.1) is 11.3 Å². The van der Waals surface area contributed by atoms with Gasteiger partial charge in [-0.1, -0.05) is 11.6 Å². The maximum atomic E-state index is 12.9. The van der Waals surface area contributed by atoms with Gasteiger partial charge in [0.2, 0.25) is 5.91 Å². The van der Waals surface area contributed by atoms with Crippen molar-refractivity contribution >= 4 is 46.1 Å². The van der Waals surface area contributed by atoms with Gasteiger partial charge < -0.3 is 14.8 Å².